The van der Waals surface area contributed by atoms with Gasteiger partial charge in [-0.25, -0.2) is 0 Å². The fourth-order valence-corrected chi connectivity index (χ4v) is 2.01. The summed E-state index contributed by atoms with van der Waals surface area (Å²) in [7, 11) is 0. The minimum atomic E-state index is 0.367. The van der Waals surface area contributed by atoms with Crippen molar-refractivity contribution in [2.75, 3.05) is 26.6 Å². The Bertz CT molecular complexity index is 474. The molecule has 0 saturated carbocycles. The highest BCUT2D eigenvalue weighted by Gasteiger charge is 2.12. The molecule has 21 heavy (non-hydrogen) atoms. The predicted molar refractivity (Wildman–Crippen MR) is 79.2 cm³/mol. The molecule has 0 spiro atoms. The van der Waals surface area contributed by atoms with Crippen molar-refractivity contribution in [3.05, 3.63) is 47.9 Å². The van der Waals surface area contributed by atoms with E-state index < -0.39 is 0 Å². The monoisotopic (exact) mass is 290 g/mol. The van der Waals surface area contributed by atoms with Gasteiger partial charge in [0.2, 0.25) is 0 Å². The lowest BCUT2D eigenvalue weighted by Crippen LogP contribution is -2.33. The predicted octanol–water partition coefficient (Wildman–Crippen LogP) is 1.35. The van der Waals surface area contributed by atoms with Crippen LogP contribution in [0.5, 0.6) is 0 Å². The molecular weight excluding hydrogens is 272 g/mol. The number of nitrogens with zero attached hydrogens (tertiary/aromatic N) is 4. The van der Waals surface area contributed by atoms with Crippen molar-refractivity contribution in [2.24, 2.45) is 10.3 Å². The maximum Gasteiger partial charge on any atom is 0.121 e. The third-order valence-electron chi connectivity index (χ3n) is 3.06. The summed E-state index contributed by atoms with van der Waals surface area (Å²) in [6, 6.07) is 0. The van der Waals surface area contributed by atoms with Crippen LogP contribution in [-0.4, -0.2) is 59.2 Å². The van der Waals surface area contributed by atoms with Gasteiger partial charge in [-0.2, -0.15) is 0 Å². The van der Waals surface area contributed by atoms with E-state index in [-0.39, 0.29) is 0 Å². The molecule has 0 atom stereocenters. The molecule has 2 rings (SSSR count). The Morgan fingerprint density at radius 1 is 0.952 bits per heavy atom. The van der Waals surface area contributed by atoms with Crippen molar-refractivity contribution in [2.45, 2.75) is 0 Å². The quantitative estimate of drug-likeness (QED) is 0.438. The van der Waals surface area contributed by atoms with Crippen LogP contribution in [0.4, 0.5) is 0 Å². The minimum absolute atomic E-state index is 0.367. The van der Waals surface area contributed by atoms with E-state index in [1.54, 1.807) is 0 Å². The van der Waals surface area contributed by atoms with Gasteiger partial charge in [-0.1, -0.05) is 34.6 Å². The van der Waals surface area contributed by atoms with E-state index >= 15 is 0 Å². The molecular formula is C14H18N4O3. The number of hydrogen-bond donors (Lipinski definition) is 2. The molecule has 7 nitrogen and oxygen atoms in total. The van der Waals surface area contributed by atoms with Crippen molar-refractivity contribution in [1.29, 1.82) is 0 Å². The lowest BCUT2D eigenvalue weighted by Gasteiger charge is -2.29. The Kier molecular flexibility index (Phi) is 5.60. The van der Waals surface area contributed by atoms with E-state index in [2.05, 4.69) is 10.3 Å². The van der Waals surface area contributed by atoms with E-state index in [1.165, 1.54) is 12.4 Å². The highest BCUT2D eigenvalue weighted by molar-refractivity contribution is 5.78. The Balaban J connectivity index is 1.84. The molecule has 112 valence electrons. The summed E-state index contributed by atoms with van der Waals surface area (Å²) in [5.41, 5.74) is 1.57. The Labute approximate surface area is 123 Å². The lowest BCUT2D eigenvalue weighted by molar-refractivity contribution is 0.00319. The first-order chi connectivity index (χ1) is 10.3. The lowest BCUT2D eigenvalue weighted by atomic mass is 10.2. The number of rotatable bonds is 6. The molecule has 7 heteroatoms. The molecule has 0 saturated heterocycles. The van der Waals surface area contributed by atoms with Gasteiger partial charge < -0.3 is 25.0 Å². The summed E-state index contributed by atoms with van der Waals surface area (Å²) in [6.45, 7) is 2.12. The van der Waals surface area contributed by atoms with Crippen LogP contribution >= 0.6 is 0 Å². The van der Waals surface area contributed by atoms with E-state index in [1.807, 2.05) is 46.3 Å². The van der Waals surface area contributed by atoms with Crippen LogP contribution in [-0.2, 0) is 4.74 Å². The van der Waals surface area contributed by atoms with Crippen molar-refractivity contribution in [3.63, 3.8) is 0 Å². The van der Waals surface area contributed by atoms with Crippen LogP contribution in [0, 0.1) is 0 Å². The van der Waals surface area contributed by atoms with Crippen LogP contribution in [0.2, 0.25) is 0 Å². The summed E-state index contributed by atoms with van der Waals surface area (Å²) in [4.78, 5) is 3.87. The van der Waals surface area contributed by atoms with Crippen LogP contribution in [0.3, 0.4) is 0 Å². The first-order valence-electron chi connectivity index (χ1n) is 6.51. The molecule has 2 N–H and O–H groups in total. The first-order valence-corrected chi connectivity index (χ1v) is 6.51. The summed E-state index contributed by atoms with van der Waals surface area (Å²) >= 11 is 0. The largest absolute Gasteiger partial charge is 0.411 e. The maximum absolute atomic E-state index is 8.63. The zero-order valence-corrected chi connectivity index (χ0v) is 11.5. The third-order valence-corrected chi connectivity index (χ3v) is 3.06. The molecule has 0 amide bonds. The zero-order valence-electron chi connectivity index (χ0n) is 11.5. The SMILES string of the molecule is ON=CC1=CC=CCN1COCN1CC=CC=C1C=NO. The van der Waals surface area contributed by atoms with Gasteiger partial charge >= 0.3 is 0 Å². The second-order valence-corrected chi connectivity index (χ2v) is 4.44. The normalized spacial score (nSPS) is 18.7. The molecule has 0 aromatic rings. The zero-order chi connectivity index (χ0) is 14.9. The van der Waals surface area contributed by atoms with Crippen LogP contribution < -0.4 is 0 Å². The van der Waals surface area contributed by atoms with Gasteiger partial charge in [0.25, 0.3) is 0 Å². The molecule has 0 aliphatic carbocycles. The Hall–Kier alpha value is -2.54. The standard InChI is InChI=1S/C14H18N4O3/c19-15-9-13-5-1-3-7-17(13)11-21-12-18-8-4-2-6-14(18)10-16-20/h1-6,9-10,19-20H,7-8,11-12H2. The molecule has 2 aliphatic heterocycles. The Morgan fingerprint density at radius 3 is 1.86 bits per heavy atom. The second kappa shape index (κ2) is 7.91. The fourth-order valence-electron chi connectivity index (χ4n) is 2.01. The second-order valence-electron chi connectivity index (χ2n) is 4.44. The number of ether oxygens (including phenoxy) is 1. The van der Waals surface area contributed by atoms with Crippen molar-refractivity contribution in [1.82, 2.24) is 9.80 Å². The van der Waals surface area contributed by atoms with Gasteiger partial charge in [-0.05, 0) is 12.2 Å². The molecule has 0 aromatic heterocycles. The number of hydrogen-bond acceptors (Lipinski definition) is 7. The average Bonchev–Trinajstić information content (AvgIpc) is 2.51. The van der Waals surface area contributed by atoms with Crippen LogP contribution in [0.25, 0.3) is 0 Å². The molecule has 2 heterocycles. The summed E-state index contributed by atoms with van der Waals surface area (Å²) in [6.07, 6.45) is 14.2. The Morgan fingerprint density at radius 2 is 1.43 bits per heavy atom. The number of allylic oxidation sites excluding steroid dienone is 6. The highest BCUT2D eigenvalue weighted by atomic mass is 16.5. The molecule has 0 aromatic carbocycles. The van der Waals surface area contributed by atoms with Gasteiger partial charge in [-0.15, -0.1) is 0 Å². The van der Waals surface area contributed by atoms with Gasteiger partial charge in [0.1, 0.15) is 13.5 Å². The van der Waals surface area contributed by atoms with E-state index in [4.69, 9.17) is 15.2 Å². The van der Waals surface area contributed by atoms with Gasteiger partial charge in [0.15, 0.2) is 0 Å². The van der Waals surface area contributed by atoms with E-state index in [9.17, 15) is 0 Å². The highest BCUT2D eigenvalue weighted by Crippen LogP contribution is 2.10. The molecule has 0 bridgehead atoms. The van der Waals surface area contributed by atoms with E-state index in [0.29, 0.717) is 26.6 Å². The molecule has 0 unspecified atom stereocenters. The first kappa shape index (κ1) is 14.9. The van der Waals surface area contributed by atoms with Crippen LogP contribution in [0.15, 0.2) is 58.2 Å². The van der Waals surface area contributed by atoms with Crippen molar-refractivity contribution < 1.29 is 15.2 Å². The summed E-state index contributed by atoms with van der Waals surface area (Å²) in [5.74, 6) is 0. The van der Waals surface area contributed by atoms with Gasteiger partial charge in [0.05, 0.1) is 23.8 Å². The third kappa shape index (κ3) is 4.22. The molecule has 0 fully saturated rings. The van der Waals surface area contributed by atoms with Gasteiger partial charge in [0, 0.05) is 13.1 Å². The maximum atomic E-state index is 8.63. The smallest absolute Gasteiger partial charge is 0.121 e. The summed E-state index contributed by atoms with van der Waals surface area (Å²) < 4.78 is 5.68. The van der Waals surface area contributed by atoms with Gasteiger partial charge in [-0.3, -0.25) is 0 Å². The number of oxime groups is 2. The fraction of sp³-hybridized carbons (Fsp3) is 0.286. The van der Waals surface area contributed by atoms with E-state index in [0.717, 1.165) is 11.4 Å². The topological polar surface area (TPSA) is 80.9 Å². The van der Waals surface area contributed by atoms with Crippen molar-refractivity contribution >= 4 is 12.4 Å². The summed E-state index contributed by atoms with van der Waals surface area (Å²) in [5, 5.41) is 23.4. The van der Waals surface area contributed by atoms with Crippen molar-refractivity contribution in [3.8, 4) is 0 Å². The average molecular weight is 290 g/mol. The molecule has 0 radical (unpaired) electrons. The molecule has 2 aliphatic rings. The minimum Gasteiger partial charge on any atom is -0.411 e. The van der Waals surface area contributed by atoms with Crippen LogP contribution in [0.1, 0.15) is 0 Å².